The van der Waals surface area contributed by atoms with Crippen molar-refractivity contribution in [1.29, 1.82) is 0 Å². The fraction of sp³-hybridized carbons (Fsp3) is 0.684. The average Bonchev–Trinajstić information content (AvgIpc) is 2.92. The first-order valence-corrected chi connectivity index (χ1v) is 8.49. The number of nitrogens with one attached hydrogen (secondary N) is 1. The highest BCUT2D eigenvalue weighted by molar-refractivity contribution is 5.46. The molecule has 2 heteroatoms. The molecule has 21 heavy (non-hydrogen) atoms. The maximum absolute atomic E-state index is 3.76. The molecule has 1 aromatic rings. The van der Waals surface area contributed by atoms with Gasteiger partial charge in [-0.2, -0.15) is 0 Å². The predicted molar refractivity (Wildman–Crippen MR) is 93.0 cm³/mol. The van der Waals surface area contributed by atoms with E-state index in [0.29, 0.717) is 5.41 Å². The van der Waals surface area contributed by atoms with Crippen molar-refractivity contribution in [1.82, 2.24) is 5.32 Å². The van der Waals surface area contributed by atoms with Gasteiger partial charge in [0.25, 0.3) is 0 Å². The second-order valence-corrected chi connectivity index (χ2v) is 7.66. The Balaban J connectivity index is 2.07. The molecule has 0 amide bonds. The molecular formula is C19H32N2. The van der Waals surface area contributed by atoms with Crippen LogP contribution in [0.1, 0.15) is 53.4 Å². The summed E-state index contributed by atoms with van der Waals surface area (Å²) >= 11 is 0. The fourth-order valence-electron chi connectivity index (χ4n) is 3.40. The van der Waals surface area contributed by atoms with Crippen molar-refractivity contribution < 1.29 is 0 Å². The van der Waals surface area contributed by atoms with Crippen molar-refractivity contribution in [3.05, 3.63) is 30.3 Å². The molecule has 0 unspecified atom stereocenters. The first kappa shape index (κ1) is 16.4. The van der Waals surface area contributed by atoms with E-state index < -0.39 is 0 Å². The molecule has 0 aliphatic heterocycles. The summed E-state index contributed by atoms with van der Waals surface area (Å²) in [4.78, 5) is 2.55. The lowest BCUT2D eigenvalue weighted by Crippen LogP contribution is -2.48. The summed E-state index contributed by atoms with van der Waals surface area (Å²) in [5, 5.41) is 3.76. The fourth-order valence-corrected chi connectivity index (χ4v) is 3.40. The molecular weight excluding hydrogens is 256 g/mol. The van der Waals surface area contributed by atoms with Gasteiger partial charge in [-0.1, -0.05) is 31.0 Å². The van der Waals surface area contributed by atoms with Gasteiger partial charge in [-0.3, -0.25) is 0 Å². The first-order chi connectivity index (χ1) is 9.94. The quantitative estimate of drug-likeness (QED) is 0.831. The molecule has 0 aromatic heterocycles. The van der Waals surface area contributed by atoms with Crippen molar-refractivity contribution in [2.75, 3.05) is 24.5 Å². The molecule has 0 radical (unpaired) electrons. The van der Waals surface area contributed by atoms with Crippen LogP contribution in [0.15, 0.2) is 30.3 Å². The van der Waals surface area contributed by atoms with E-state index in [1.54, 1.807) is 0 Å². The van der Waals surface area contributed by atoms with Crippen LogP contribution in [-0.4, -0.2) is 25.2 Å². The van der Waals surface area contributed by atoms with Gasteiger partial charge in [-0.25, -0.2) is 0 Å². The van der Waals surface area contributed by atoms with Crippen LogP contribution in [0, 0.1) is 5.41 Å². The first-order valence-electron chi connectivity index (χ1n) is 8.49. The standard InChI is InChI=1S/C19H32N2/c1-5-21(17-11-7-6-8-12-17)16-19(13-9-10-14-19)15-20-18(2,3)4/h6-8,11-12,20H,5,9-10,13-16H2,1-4H3. The molecule has 2 rings (SSSR count). The Labute approximate surface area is 130 Å². The molecule has 0 spiro atoms. The highest BCUT2D eigenvalue weighted by Crippen LogP contribution is 2.39. The van der Waals surface area contributed by atoms with Gasteiger partial charge in [0.15, 0.2) is 0 Å². The maximum atomic E-state index is 3.76. The normalized spacial score (nSPS) is 17.9. The molecule has 1 fully saturated rings. The Morgan fingerprint density at radius 2 is 1.71 bits per heavy atom. The predicted octanol–water partition coefficient (Wildman–Crippen LogP) is 4.46. The number of anilines is 1. The molecule has 1 saturated carbocycles. The van der Waals surface area contributed by atoms with Gasteiger partial charge in [0.2, 0.25) is 0 Å². The van der Waals surface area contributed by atoms with Gasteiger partial charge in [0, 0.05) is 36.3 Å². The third-order valence-corrected chi connectivity index (χ3v) is 4.69. The summed E-state index contributed by atoms with van der Waals surface area (Å²) in [5.74, 6) is 0. The van der Waals surface area contributed by atoms with E-state index in [9.17, 15) is 0 Å². The average molecular weight is 288 g/mol. The van der Waals surface area contributed by atoms with Crippen LogP contribution in [0.5, 0.6) is 0 Å². The van der Waals surface area contributed by atoms with E-state index in [4.69, 9.17) is 0 Å². The van der Waals surface area contributed by atoms with Gasteiger partial charge >= 0.3 is 0 Å². The molecule has 1 aliphatic carbocycles. The van der Waals surface area contributed by atoms with Gasteiger partial charge in [-0.15, -0.1) is 0 Å². The van der Waals surface area contributed by atoms with E-state index in [1.165, 1.54) is 37.9 Å². The van der Waals surface area contributed by atoms with Crippen LogP contribution in [0.4, 0.5) is 5.69 Å². The molecule has 1 aliphatic rings. The molecule has 0 heterocycles. The van der Waals surface area contributed by atoms with E-state index in [0.717, 1.165) is 13.1 Å². The van der Waals surface area contributed by atoms with Gasteiger partial charge in [0.1, 0.15) is 0 Å². The maximum Gasteiger partial charge on any atom is 0.0366 e. The number of hydrogen-bond donors (Lipinski definition) is 1. The second-order valence-electron chi connectivity index (χ2n) is 7.66. The van der Waals surface area contributed by atoms with E-state index in [1.807, 2.05) is 0 Å². The Morgan fingerprint density at radius 3 is 2.24 bits per heavy atom. The minimum absolute atomic E-state index is 0.208. The molecule has 1 aromatic carbocycles. The third-order valence-electron chi connectivity index (χ3n) is 4.69. The summed E-state index contributed by atoms with van der Waals surface area (Å²) in [6.45, 7) is 12.5. The largest absolute Gasteiger partial charge is 0.371 e. The molecule has 0 saturated heterocycles. The Kier molecular flexibility index (Phi) is 5.32. The number of para-hydroxylation sites is 1. The van der Waals surface area contributed by atoms with Crippen molar-refractivity contribution in [3.63, 3.8) is 0 Å². The van der Waals surface area contributed by atoms with Crippen LogP contribution in [-0.2, 0) is 0 Å². The van der Waals surface area contributed by atoms with Gasteiger partial charge in [-0.05, 0) is 52.7 Å². The minimum atomic E-state index is 0.208. The van der Waals surface area contributed by atoms with E-state index in [-0.39, 0.29) is 5.54 Å². The Hall–Kier alpha value is -1.02. The molecule has 0 bridgehead atoms. The lowest BCUT2D eigenvalue weighted by atomic mass is 9.84. The zero-order chi connectivity index (χ0) is 15.3. The summed E-state index contributed by atoms with van der Waals surface area (Å²) in [6.07, 6.45) is 5.50. The number of nitrogens with zero attached hydrogens (tertiary/aromatic N) is 1. The monoisotopic (exact) mass is 288 g/mol. The van der Waals surface area contributed by atoms with Gasteiger partial charge in [0.05, 0.1) is 0 Å². The Bertz CT molecular complexity index is 413. The number of benzene rings is 1. The van der Waals surface area contributed by atoms with Crippen LogP contribution in [0.3, 0.4) is 0 Å². The number of rotatable bonds is 6. The van der Waals surface area contributed by atoms with Crippen LogP contribution in [0.2, 0.25) is 0 Å². The third kappa shape index (κ3) is 4.74. The van der Waals surface area contributed by atoms with Crippen LogP contribution >= 0.6 is 0 Å². The zero-order valence-electron chi connectivity index (χ0n) is 14.3. The molecule has 2 nitrogen and oxygen atoms in total. The van der Waals surface area contributed by atoms with Crippen molar-refractivity contribution in [2.24, 2.45) is 5.41 Å². The highest BCUT2D eigenvalue weighted by atomic mass is 15.1. The van der Waals surface area contributed by atoms with Crippen molar-refractivity contribution in [3.8, 4) is 0 Å². The summed E-state index contributed by atoms with van der Waals surface area (Å²) < 4.78 is 0. The van der Waals surface area contributed by atoms with Crippen molar-refractivity contribution >= 4 is 5.69 Å². The lowest BCUT2D eigenvalue weighted by molar-refractivity contribution is 0.250. The van der Waals surface area contributed by atoms with Crippen LogP contribution in [0.25, 0.3) is 0 Å². The summed E-state index contributed by atoms with van der Waals surface area (Å²) in [7, 11) is 0. The van der Waals surface area contributed by atoms with Crippen molar-refractivity contribution in [2.45, 2.75) is 58.9 Å². The number of hydrogen-bond acceptors (Lipinski definition) is 2. The highest BCUT2D eigenvalue weighted by Gasteiger charge is 2.36. The van der Waals surface area contributed by atoms with E-state index >= 15 is 0 Å². The minimum Gasteiger partial charge on any atom is -0.371 e. The van der Waals surface area contributed by atoms with E-state index in [2.05, 4.69) is 68.2 Å². The SMILES string of the molecule is CCN(CC1(CNC(C)(C)C)CCCC1)c1ccccc1. The molecule has 0 atom stereocenters. The summed E-state index contributed by atoms with van der Waals surface area (Å²) in [6, 6.07) is 10.9. The van der Waals surface area contributed by atoms with Crippen LogP contribution < -0.4 is 10.2 Å². The zero-order valence-corrected chi connectivity index (χ0v) is 14.3. The molecule has 1 N–H and O–H groups in total. The smallest absolute Gasteiger partial charge is 0.0366 e. The van der Waals surface area contributed by atoms with Gasteiger partial charge < -0.3 is 10.2 Å². The summed E-state index contributed by atoms with van der Waals surface area (Å²) in [5.41, 5.74) is 2.01. The second kappa shape index (κ2) is 6.83. The Morgan fingerprint density at radius 1 is 1.10 bits per heavy atom. The topological polar surface area (TPSA) is 15.3 Å². The molecule has 118 valence electrons. The lowest BCUT2D eigenvalue weighted by Gasteiger charge is -2.38.